The molecule has 0 atom stereocenters. The van der Waals surface area contributed by atoms with Crippen LogP contribution in [0.3, 0.4) is 0 Å². The van der Waals surface area contributed by atoms with E-state index in [1.807, 2.05) is 0 Å². The van der Waals surface area contributed by atoms with Crippen LogP contribution in [0, 0.1) is 5.92 Å². The van der Waals surface area contributed by atoms with E-state index in [4.69, 9.17) is 15.2 Å². The normalized spacial score (nSPS) is 16.7. The van der Waals surface area contributed by atoms with Gasteiger partial charge in [-0.15, -0.1) is 0 Å². The summed E-state index contributed by atoms with van der Waals surface area (Å²) >= 11 is 0. The molecule has 2 heterocycles. The summed E-state index contributed by atoms with van der Waals surface area (Å²) in [5, 5.41) is 0. The molecule has 5 nitrogen and oxygen atoms in total. The molecule has 5 heteroatoms. The summed E-state index contributed by atoms with van der Waals surface area (Å²) < 4.78 is 11.0. The van der Waals surface area contributed by atoms with Crippen molar-refractivity contribution >= 4 is 5.82 Å². The average Bonchev–Trinajstić information content (AvgIpc) is 2.37. The number of anilines is 1. The van der Waals surface area contributed by atoms with Crippen molar-refractivity contribution in [3.63, 3.8) is 0 Å². The molecule has 100 valence electrons. The van der Waals surface area contributed by atoms with Gasteiger partial charge in [0.25, 0.3) is 0 Å². The molecule has 0 saturated carbocycles. The van der Waals surface area contributed by atoms with Gasteiger partial charge in [0.15, 0.2) is 0 Å². The lowest BCUT2D eigenvalue weighted by Crippen LogP contribution is -2.21. The number of nitrogens with zero attached hydrogens (tertiary/aromatic N) is 2. The second kappa shape index (κ2) is 6.54. The van der Waals surface area contributed by atoms with E-state index in [-0.39, 0.29) is 0 Å². The van der Waals surface area contributed by atoms with Gasteiger partial charge in [0.05, 0.1) is 6.61 Å². The van der Waals surface area contributed by atoms with Gasteiger partial charge in [0.2, 0.25) is 5.88 Å². The van der Waals surface area contributed by atoms with Crippen molar-refractivity contribution in [3.8, 4) is 5.88 Å². The van der Waals surface area contributed by atoms with E-state index < -0.39 is 0 Å². The second-order valence-electron chi connectivity index (χ2n) is 4.66. The fourth-order valence-electron chi connectivity index (χ4n) is 2.02. The fraction of sp³-hybridized carbons (Fsp3) is 0.692. The third-order valence-electron chi connectivity index (χ3n) is 3.05. The number of ether oxygens (including phenoxy) is 2. The molecular formula is C13H21N3O2. The molecule has 0 unspecified atom stereocenters. The summed E-state index contributed by atoms with van der Waals surface area (Å²) in [6.45, 7) is 4.45. The Morgan fingerprint density at radius 3 is 2.89 bits per heavy atom. The van der Waals surface area contributed by atoms with Gasteiger partial charge in [-0.1, -0.05) is 6.92 Å². The lowest BCUT2D eigenvalue weighted by molar-refractivity contribution is 0.0490. The molecule has 0 aliphatic carbocycles. The molecule has 18 heavy (non-hydrogen) atoms. The standard InChI is InChI=1S/C13H21N3O2/c1-2-3-12-15-11(14)8-13(16-12)18-9-10-4-6-17-7-5-10/h8,10H,2-7,9H2,1H3,(H2,14,15,16). The molecule has 0 spiro atoms. The average molecular weight is 251 g/mol. The highest BCUT2D eigenvalue weighted by molar-refractivity contribution is 5.32. The third kappa shape index (κ3) is 3.84. The number of hydrogen-bond acceptors (Lipinski definition) is 5. The highest BCUT2D eigenvalue weighted by Gasteiger charge is 2.15. The van der Waals surface area contributed by atoms with Gasteiger partial charge in [0.1, 0.15) is 11.6 Å². The maximum Gasteiger partial charge on any atom is 0.218 e. The molecule has 0 bridgehead atoms. The SMILES string of the molecule is CCCc1nc(N)cc(OCC2CCOCC2)n1. The first-order valence-electron chi connectivity index (χ1n) is 6.62. The summed E-state index contributed by atoms with van der Waals surface area (Å²) in [4.78, 5) is 8.55. The van der Waals surface area contributed by atoms with Gasteiger partial charge >= 0.3 is 0 Å². The molecule has 1 aliphatic rings. The van der Waals surface area contributed by atoms with Gasteiger partial charge in [-0.3, -0.25) is 0 Å². The molecule has 0 radical (unpaired) electrons. The summed E-state index contributed by atoms with van der Waals surface area (Å²) in [6, 6.07) is 1.69. The molecule has 1 aliphatic heterocycles. The van der Waals surface area contributed by atoms with Crippen LogP contribution in [0.1, 0.15) is 32.0 Å². The molecule has 0 aromatic carbocycles. The van der Waals surface area contributed by atoms with Crippen LogP contribution in [0.2, 0.25) is 0 Å². The maximum absolute atomic E-state index is 5.75. The Morgan fingerprint density at radius 1 is 1.39 bits per heavy atom. The third-order valence-corrected chi connectivity index (χ3v) is 3.05. The van der Waals surface area contributed by atoms with Gasteiger partial charge < -0.3 is 15.2 Å². The lowest BCUT2D eigenvalue weighted by atomic mass is 10.0. The van der Waals surface area contributed by atoms with Crippen molar-refractivity contribution in [3.05, 3.63) is 11.9 Å². The minimum absolute atomic E-state index is 0.482. The van der Waals surface area contributed by atoms with Crippen molar-refractivity contribution < 1.29 is 9.47 Å². The smallest absolute Gasteiger partial charge is 0.218 e. The Bertz CT molecular complexity index is 378. The summed E-state index contributed by atoms with van der Waals surface area (Å²) in [5.74, 6) is 2.40. The van der Waals surface area contributed by atoms with Crippen molar-refractivity contribution in [2.24, 2.45) is 5.92 Å². The van der Waals surface area contributed by atoms with Gasteiger partial charge in [-0.2, -0.15) is 4.98 Å². The van der Waals surface area contributed by atoms with E-state index in [9.17, 15) is 0 Å². The zero-order valence-corrected chi connectivity index (χ0v) is 10.9. The minimum atomic E-state index is 0.482. The van der Waals surface area contributed by atoms with Crippen LogP contribution in [-0.2, 0) is 11.2 Å². The van der Waals surface area contributed by atoms with Crippen molar-refractivity contribution in [1.82, 2.24) is 9.97 Å². The predicted octanol–water partition coefficient (Wildman–Crippen LogP) is 1.82. The topological polar surface area (TPSA) is 70.3 Å². The number of nitrogens with two attached hydrogens (primary N) is 1. The molecule has 2 rings (SSSR count). The predicted molar refractivity (Wildman–Crippen MR) is 69.5 cm³/mol. The molecule has 2 N–H and O–H groups in total. The molecule has 1 aromatic heterocycles. The summed E-state index contributed by atoms with van der Waals surface area (Å²) in [6.07, 6.45) is 3.95. The fourth-order valence-corrected chi connectivity index (χ4v) is 2.02. The molecule has 1 saturated heterocycles. The van der Waals surface area contributed by atoms with Gasteiger partial charge in [-0.05, 0) is 25.2 Å². The zero-order chi connectivity index (χ0) is 12.8. The van der Waals surface area contributed by atoms with Crippen LogP contribution in [0.25, 0.3) is 0 Å². The van der Waals surface area contributed by atoms with Crippen LogP contribution in [-0.4, -0.2) is 29.8 Å². The largest absolute Gasteiger partial charge is 0.477 e. The van der Waals surface area contributed by atoms with E-state index in [1.54, 1.807) is 6.07 Å². The molecule has 1 fully saturated rings. The first-order chi connectivity index (χ1) is 8.78. The molecular weight excluding hydrogens is 230 g/mol. The van der Waals surface area contributed by atoms with E-state index in [0.29, 0.717) is 24.2 Å². The highest BCUT2D eigenvalue weighted by Crippen LogP contribution is 2.18. The van der Waals surface area contributed by atoms with Crippen molar-refractivity contribution in [1.29, 1.82) is 0 Å². The molecule has 1 aromatic rings. The van der Waals surface area contributed by atoms with Crippen molar-refractivity contribution in [2.45, 2.75) is 32.6 Å². The first kappa shape index (κ1) is 13.1. The quantitative estimate of drug-likeness (QED) is 0.864. The Balaban J connectivity index is 1.91. The number of hydrogen-bond donors (Lipinski definition) is 1. The van der Waals surface area contributed by atoms with Crippen LogP contribution in [0.5, 0.6) is 5.88 Å². The van der Waals surface area contributed by atoms with Gasteiger partial charge in [0, 0.05) is 25.7 Å². The number of aromatic nitrogens is 2. The van der Waals surface area contributed by atoms with E-state index in [0.717, 1.165) is 44.7 Å². The zero-order valence-electron chi connectivity index (χ0n) is 10.9. The summed E-state index contributed by atoms with van der Waals surface area (Å²) in [5.41, 5.74) is 5.75. The Kier molecular flexibility index (Phi) is 4.75. The Hall–Kier alpha value is -1.36. The Labute approximate surface area is 108 Å². The maximum atomic E-state index is 5.75. The van der Waals surface area contributed by atoms with E-state index in [2.05, 4.69) is 16.9 Å². The van der Waals surface area contributed by atoms with Crippen LogP contribution < -0.4 is 10.5 Å². The number of aryl methyl sites for hydroxylation is 1. The monoisotopic (exact) mass is 251 g/mol. The first-order valence-corrected chi connectivity index (χ1v) is 6.62. The van der Waals surface area contributed by atoms with Crippen LogP contribution in [0.4, 0.5) is 5.82 Å². The number of rotatable bonds is 5. The van der Waals surface area contributed by atoms with E-state index >= 15 is 0 Å². The highest BCUT2D eigenvalue weighted by atomic mass is 16.5. The molecule has 0 amide bonds. The lowest BCUT2D eigenvalue weighted by Gasteiger charge is -2.21. The summed E-state index contributed by atoms with van der Waals surface area (Å²) in [7, 11) is 0. The van der Waals surface area contributed by atoms with E-state index in [1.165, 1.54) is 0 Å². The van der Waals surface area contributed by atoms with Crippen molar-refractivity contribution in [2.75, 3.05) is 25.6 Å². The number of nitrogen functional groups attached to an aromatic ring is 1. The van der Waals surface area contributed by atoms with Crippen LogP contribution >= 0.6 is 0 Å². The Morgan fingerprint density at radius 2 is 2.17 bits per heavy atom. The van der Waals surface area contributed by atoms with Gasteiger partial charge in [-0.25, -0.2) is 4.98 Å². The van der Waals surface area contributed by atoms with Crippen LogP contribution in [0.15, 0.2) is 6.07 Å². The second-order valence-corrected chi connectivity index (χ2v) is 4.66. The minimum Gasteiger partial charge on any atom is -0.477 e.